The fourth-order valence-corrected chi connectivity index (χ4v) is 3.86. The van der Waals surface area contributed by atoms with Crippen molar-refractivity contribution in [1.29, 1.82) is 0 Å². The molecule has 1 N–H and O–H groups in total. The predicted molar refractivity (Wildman–Crippen MR) is 74.5 cm³/mol. The second kappa shape index (κ2) is 4.87. The van der Waals surface area contributed by atoms with Gasteiger partial charge in [-0.05, 0) is 47.3 Å². The van der Waals surface area contributed by atoms with Crippen molar-refractivity contribution in [1.82, 2.24) is 10.2 Å². The number of nitrogens with zero attached hydrogens (tertiary/aromatic N) is 1. The molecule has 3 nitrogen and oxygen atoms in total. The molecule has 5 heteroatoms. The summed E-state index contributed by atoms with van der Waals surface area (Å²) in [5, 5.41) is 3.31. The molecular formula is C14H16BrFN2O. The van der Waals surface area contributed by atoms with Crippen LogP contribution in [0, 0.1) is 11.7 Å². The molecule has 3 rings (SSSR count). The number of likely N-dealkylation sites (tertiary alicyclic amines) is 1. The Morgan fingerprint density at radius 1 is 1.47 bits per heavy atom. The van der Waals surface area contributed by atoms with Crippen LogP contribution in [0.15, 0.2) is 22.7 Å². The number of rotatable bonds is 1. The molecular weight excluding hydrogens is 311 g/mol. The zero-order valence-electron chi connectivity index (χ0n) is 10.7. The van der Waals surface area contributed by atoms with Crippen molar-refractivity contribution in [3.63, 3.8) is 0 Å². The Hall–Kier alpha value is -0.940. The minimum Gasteiger partial charge on any atom is -0.331 e. The van der Waals surface area contributed by atoms with Crippen molar-refractivity contribution in [3.8, 4) is 0 Å². The van der Waals surface area contributed by atoms with Gasteiger partial charge in [-0.1, -0.05) is 6.07 Å². The summed E-state index contributed by atoms with van der Waals surface area (Å²) in [5.41, 5.74) is 0.155. The molecule has 2 aliphatic heterocycles. The van der Waals surface area contributed by atoms with Crippen molar-refractivity contribution in [2.45, 2.75) is 25.4 Å². The van der Waals surface area contributed by atoms with Crippen LogP contribution in [0.25, 0.3) is 0 Å². The van der Waals surface area contributed by atoms with E-state index in [1.807, 2.05) is 11.8 Å². The number of carbonyl (C=O) groups excluding carboxylic acids is 1. The first kappa shape index (κ1) is 13.1. The summed E-state index contributed by atoms with van der Waals surface area (Å²) in [6, 6.07) is 5.03. The van der Waals surface area contributed by atoms with Crippen LogP contribution in [-0.4, -0.2) is 36.0 Å². The monoisotopic (exact) mass is 326 g/mol. The maximum atomic E-state index is 13.9. The molecule has 2 aliphatic rings. The molecule has 0 aromatic heterocycles. The van der Waals surface area contributed by atoms with Gasteiger partial charge in [-0.2, -0.15) is 0 Å². The normalized spacial score (nSPS) is 29.6. The molecule has 3 unspecified atom stereocenters. The first-order valence-corrected chi connectivity index (χ1v) is 7.36. The van der Waals surface area contributed by atoms with Gasteiger partial charge in [0, 0.05) is 29.6 Å². The lowest BCUT2D eigenvalue weighted by Gasteiger charge is -2.28. The van der Waals surface area contributed by atoms with E-state index in [0.29, 0.717) is 10.4 Å². The minimum atomic E-state index is -0.457. The lowest BCUT2D eigenvalue weighted by molar-refractivity contribution is 0.0676. The third-order valence-electron chi connectivity index (χ3n) is 4.19. The maximum Gasteiger partial charge on any atom is 0.258 e. The van der Waals surface area contributed by atoms with Crippen LogP contribution < -0.4 is 5.32 Å². The smallest absolute Gasteiger partial charge is 0.258 e. The summed E-state index contributed by atoms with van der Waals surface area (Å²) in [4.78, 5) is 14.5. The van der Waals surface area contributed by atoms with Gasteiger partial charge in [-0.25, -0.2) is 4.39 Å². The first-order valence-electron chi connectivity index (χ1n) is 6.57. The van der Waals surface area contributed by atoms with Gasteiger partial charge >= 0.3 is 0 Å². The molecule has 0 spiro atoms. The summed E-state index contributed by atoms with van der Waals surface area (Å²) in [5.74, 6) is -0.154. The summed E-state index contributed by atoms with van der Waals surface area (Å²) in [7, 11) is 0. The van der Waals surface area contributed by atoms with Gasteiger partial charge in [0.1, 0.15) is 5.82 Å². The summed E-state index contributed by atoms with van der Waals surface area (Å²) < 4.78 is 14.5. The van der Waals surface area contributed by atoms with Gasteiger partial charge in [0.25, 0.3) is 5.91 Å². The summed E-state index contributed by atoms with van der Waals surface area (Å²) in [6.07, 6.45) is 0.996. The number of amides is 1. The third-order valence-corrected chi connectivity index (χ3v) is 4.85. The molecule has 2 fully saturated rings. The van der Waals surface area contributed by atoms with Crippen LogP contribution >= 0.6 is 15.9 Å². The highest BCUT2D eigenvalue weighted by atomic mass is 79.9. The largest absolute Gasteiger partial charge is 0.331 e. The quantitative estimate of drug-likeness (QED) is 0.859. The van der Waals surface area contributed by atoms with Crippen LogP contribution in [0.2, 0.25) is 0 Å². The van der Waals surface area contributed by atoms with E-state index < -0.39 is 5.82 Å². The Kier molecular flexibility index (Phi) is 3.35. The predicted octanol–water partition coefficient (Wildman–Crippen LogP) is 2.41. The fraction of sp³-hybridized carbons (Fsp3) is 0.500. The zero-order valence-corrected chi connectivity index (χ0v) is 12.3. The molecule has 2 heterocycles. The molecule has 0 aliphatic carbocycles. The number of hydrogen-bond donors (Lipinski definition) is 1. The fourth-order valence-electron chi connectivity index (χ4n) is 3.35. The molecule has 1 amide bonds. The third kappa shape index (κ3) is 2.09. The second-order valence-corrected chi connectivity index (χ2v) is 6.23. The number of hydrogen-bond acceptors (Lipinski definition) is 2. The van der Waals surface area contributed by atoms with Gasteiger partial charge in [0.15, 0.2) is 0 Å². The van der Waals surface area contributed by atoms with E-state index in [4.69, 9.17) is 0 Å². The Bertz CT molecular complexity index is 502. The van der Waals surface area contributed by atoms with E-state index in [-0.39, 0.29) is 23.6 Å². The lowest BCUT2D eigenvalue weighted by atomic mass is 10.0. The van der Waals surface area contributed by atoms with Gasteiger partial charge in [0.2, 0.25) is 0 Å². The number of carbonyl (C=O) groups is 1. The van der Waals surface area contributed by atoms with Crippen molar-refractivity contribution >= 4 is 21.8 Å². The van der Waals surface area contributed by atoms with Crippen molar-refractivity contribution in [2.24, 2.45) is 5.92 Å². The Balaban J connectivity index is 1.95. The Morgan fingerprint density at radius 3 is 3.00 bits per heavy atom. The number of nitrogens with one attached hydrogen (secondary N) is 1. The van der Waals surface area contributed by atoms with Crippen molar-refractivity contribution in [3.05, 3.63) is 34.1 Å². The topological polar surface area (TPSA) is 32.3 Å². The zero-order chi connectivity index (χ0) is 13.6. The average Bonchev–Trinajstić information content (AvgIpc) is 2.87. The first-order chi connectivity index (χ1) is 9.09. The highest BCUT2D eigenvalue weighted by molar-refractivity contribution is 9.10. The summed E-state index contributed by atoms with van der Waals surface area (Å²) >= 11 is 3.28. The van der Waals surface area contributed by atoms with Crippen molar-refractivity contribution in [2.75, 3.05) is 13.1 Å². The number of fused-ring (bicyclic) bond motifs is 1. The standard InChI is InChI=1S/C14H16BrFN2O/c1-8-5-9-6-17-7-12(9)18(8)14(19)13-10(15)3-2-4-11(13)16/h2-4,8-9,12,17H,5-7H2,1H3. The van der Waals surface area contributed by atoms with E-state index in [1.54, 1.807) is 12.1 Å². The van der Waals surface area contributed by atoms with Gasteiger partial charge in [0.05, 0.1) is 5.56 Å². The summed E-state index contributed by atoms with van der Waals surface area (Å²) in [6.45, 7) is 3.81. The van der Waals surface area contributed by atoms with Crippen LogP contribution in [0.5, 0.6) is 0 Å². The molecule has 2 saturated heterocycles. The van der Waals surface area contributed by atoms with E-state index in [1.165, 1.54) is 6.07 Å². The Labute approximate surface area is 120 Å². The molecule has 0 radical (unpaired) electrons. The van der Waals surface area contributed by atoms with Crippen LogP contribution in [0.1, 0.15) is 23.7 Å². The highest BCUT2D eigenvalue weighted by Crippen LogP contribution is 2.34. The minimum absolute atomic E-state index is 0.155. The lowest BCUT2D eigenvalue weighted by Crippen LogP contribution is -2.43. The highest BCUT2D eigenvalue weighted by Gasteiger charge is 2.44. The van der Waals surface area contributed by atoms with E-state index in [9.17, 15) is 9.18 Å². The molecule has 0 bridgehead atoms. The molecule has 3 atom stereocenters. The maximum absolute atomic E-state index is 13.9. The SMILES string of the molecule is CC1CC2CNCC2N1C(=O)c1c(F)cccc1Br. The van der Waals surface area contributed by atoms with Crippen molar-refractivity contribution < 1.29 is 9.18 Å². The van der Waals surface area contributed by atoms with Gasteiger partial charge in [-0.3, -0.25) is 4.79 Å². The average molecular weight is 327 g/mol. The number of halogens is 2. The Morgan fingerprint density at radius 2 is 2.26 bits per heavy atom. The van der Waals surface area contributed by atoms with Crippen LogP contribution in [0.4, 0.5) is 4.39 Å². The number of benzene rings is 1. The molecule has 102 valence electrons. The van der Waals surface area contributed by atoms with E-state index in [2.05, 4.69) is 21.2 Å². The van der Waals surface area contributed by atoms with Gasteiger partial charge < -0.3 is 10.2 Å². The van der Waals surface area contributed by atoms with Crippen LogP contribution in [-0.2, 0) is 0 Å². The van der Waals surface area contributed by atoms with E-state index >= 15 is 0 Å². The van der Waals surface area contributed by atoms with Crippen LogP contribution in [0.3, 0.4) is 0 Å². The molecule has 0 saturated carbocycles. The molecule has 1 aromatic rings. The van der Waals surface area contributed by atoms with E-state index in [0.717, 1.165) is 19.5 Å². The second-order valence-electron chi connectivity index (χ2n) is 5.38. The van der Waals surface area contributed by atoms with Gasteiger partial charge in [-0.15, -0.1) is 0 Å². The molecule has 19 heavy (non-hydrogen) atoms. The molecule has 1 aromatic carbocycles.